The third kappa shape index (κ3) is 6.69. The van der Waals surface area contributed by atoms with E-state index in [2.05, 4.69) is 34.7 Å². The smallest absolute Gasteiger partial charge is 0.244 e. The minimum atomic E-state index is -0.245. The predicted molar refractivity (Wildman–Crippen MR) is 124 cm³/mol. The summed E-state index contributed by atoms with van der Waals surface area (Å²) in [5.41, 5.74) is 3.80. The molecular formula is C24H31ClN4O2. The van der Waals surface area contributed by atoms with E-state index in [4.69, 9.17) is 11.6 Å². The summed E-state index contributed by atoms with van der Waals surface area (Å²) in [6, 6.07) is 8.22. The summed E-state index contributed by atoms with van der Waals surface area (Å²) in [6.45, 7) is 6.48. The number of carbonyl (C=O) groups is 2. The number of aromatic nitrogens is 2. The number of hydrogen-bond donors (Lipinski definition) is 1. The molecule has 1 aliphatic rings. The monoisotopic (exact) mass is 442 g/mol. The Morgan fingerprint density at radius 1 is 1.10 bits per heavy atom. The Bertz CT molecular complexity index is 926. The van der Waals surface area contributed by atoms with Crippen LogP contribution in [-0.2, 0) is 16.1 Å². The predicted octanol–water partition coefficient (Wildman–Crippen LogP) is 4.12. The largest absolute Gasteiger partial charge is 0.352 e. The molecule has 0 spiro atoms. The molecule has 0 bridgehead atoms. The Morgan fingerprint density at radius 2 is 1.77 bits per heavy atom. The van der Waals surface area contributed by atoms with Crippen molar-refractivity contribution in [1.82, 2.24) is 20.0 Å². The molecule has 2 aromatic rings. The van der Waals surface area contributed by atoms with Gasteiger partial charge in [-0.2, -0.15) is 5.10 Å². The molecule has 2 heterocycles. The van der Waals surface area contributed by atoms with E-state index in [1.807, 2.05) is 18.7 Å². The molecule has 0 radical (unpaired) electrons. The molecule has 0 unspecified atom stereocenters. The Kier molecular flexibility index (Phi) is 8.29. The van der Waals surface area contributed by atoms with Crippen molar-refractivity contribution in [1.29, 1.82) is 0 Å². The summed E-state index contributed by atoms with van der Waals surface area (Å²) >= 11 is 6.51. The van der Waals surface area contributed by atoms with Gasteiger partial charge in [-0.15, -0.1) is 0 Å². The van der Waals surface area contributed by atoms with Gasteiger partial charge in [0.25, 0.3) is 0 Å². The number of halogens is 1. The Balaban J connectivity index is 1.51. The van der Waals surface area contributed by atoms with E-state index < -0.39 is 0 Å². The number of likely N-dealkylation sites (tertiary alicyclic amines) is 1. The lowest BCUT2D eigenvalue weighted by atomic mass is 10.1. The fourth-order valence-corrected chi connectivity index (χ4v) is 4.01. The Labute approximate surface area is 189 Å². The van der Waals surface area contributed by atoms with Gasteiger partial charge in [0.15, 0.2) is 0 Å². The molecule has 1 aliphatic heterocycles. The van der Waals surface area contributed by atoms with Crippen molar-refractivity contribution in [3.8, 4) is 0 Å². The maximum absolute atomic E-state index is 12.3. The van der Waals surface area contributed by atoms with Crippen LogP contribution in [0.1, 0.15) is 54.5 Å². The molecule has 1 N–H and O–H groups in total. The maximum atomic E-state index is 12.3. The van der Waals surface area contributed by atoms with Crippen LogP contribution in [0, 0.1) is 13.8 Å². The average Bonchev–Trinajstić information content (AvgIpc) is 2.94. The molecule has 1 saturated heterocycles. The molecular weight excluding hydrogens is 412 g/mol. The highest BCUT2D eigenvalue weighted by Crippen LogP contribution is 2.22. The van der Waals surface area contributed by atoms with Gasteiger partial charge in [-0.1, -0.05) is 54.3 Å². The van der Waals surface area contributed by atoms with Crippen LogP contribution in [0.25, 0.3) is 6.08 Å². The fourth-order valence-electron chi connectivity index (χ4n) is 3.72. The van der Waals surface area contributed by atoms with Gasteiger partial charge in [-0.25, -0.2) is 4.68 Å². The number of carbonyl (C=O) groups excluding carboxylic acids is 2. The highest BCUT2D eigenvalue weighted by Gasteiger charge is 2.15. The van der Waals surface area contributed by atoms with Crippen LogP contribution in [-0.4, -0.2) is 46.1 Å². The molecule has 31 heavy (non-hydrogen) atoms. The first-order chi connectivity index (χ1) is 14.9. The molecule has 1 fully saturated rings. The number of rotatable bonds is 7. The SMILES string of the molecule is Cc1ccc(Cn2nc(C)c(/C=C/C(=O)NCCC(=O)N3CCCCCC3)c2Cl)cc1. The first-order valence-corrected chi connectivity index (χ1v) is 11.3. The molecule has 7 heteroatoms. The minimum Gasteiger partial charge on any atom is -0.352 e. The average molecular weight is 443 g/mol. The van der Waals surface area contributed by atoms with Gasteiger partial charge in [0.2, 0.25) is 11.8 Å². The fraction of sp³-hybridized carbons (Fsp3) is 0.458. The summed E-state index contributed by atoms with van der Waals surface area (Å²) in [5, 5.41) is 7.79. The van der Waals surface area contributed by atoms with E-state index in [1.54, 1.807) is 10.8 Å². The quantitative estimate of drug-likeness (QED) is 0.656. The zero-order chi connectivity index (χ0) is 22.2. The van der Waals surface area contributed by atoms with E-state index in [1.165, 1.54) is 24.5 Å². The minimum absolute atomic E-state index is 0.113. The third-order valence-electron chi connectivity index (χ3n) is 5.56. The van der Waals surface area contributed by atoms with Crippen LogP contribution in [0.3, 0.4) is 0 Å². The standard InChI is InChI=1S/C24H31ClN4O2/c1-18-7-9-20(10-8-18)17-29-24(25)21(19(2)27-29)11-12-22(30)26-14-13-23(31)28-15-5-3-4-6-16-28/h7-12H,3-6,13-17H2,1-2H3,(H,26,30)/b12-11+. The van der Waals surface area contributed by atoms with Gasteiger partial charge in [0.05, 0.1) is 12.2 Å². The first-order valence-electron chi connectivity index (χ1n) is 11.0. The van der Waals surface area contributed by atoms with E-state index >= 15 is 0 Å². The highest BCUT2D eigenvalue weighted by atomic mass is 35.5. The molecule has 0 saturated carbocycles. The lowest BCUT2D eigenvalue weighted by molar-refractivity contribution is -0.131. The van der Waals surface area contributed by atoms with Crippen LogP contribution < -0.4 is 5.32 Å². The Hall–Kier alpha value is -2.60. The second kappa shape index (κ2) is 11.1. The van der Waals surface area contributed by atoms with Crippen LogP contribution in [0.4, 0.5) is 0 Å². The van der Waals surface area contributed by atoms with Gasteiger partial charge in [0.1, 0.15) is 5.15 Å². The maximum Gasteiger partial charge on any atom is 0.244 e. The van der Waals surface area contributed by atoms with Gasteiger partial charge >= 0.3 is 0 Å². The summed E-state index contributed by atoms with van der Waals surface area (Å²) in [7, 11) is 0. The summed E-state index contributed by atoms with van der Waals surface area (Å²) in [4.78, 5) is 26.4. The Morgan fingerprint density at radius 3 is 2.45 bits per heavy atom. The zero-order valence-electron chi connectivity index (χ0n) is 18.4. The van der Waals surface area contributed by atoms with Gasteiger partial charge in [-0.05, 0) is 38.3 Å². The topological polar surface area (TPSA) is 67.2 Å². The molecule has 1 aromatic carbocycles. The van der Waals surface area contributed by atoms with E-state index in [-0.39, 0.29) is 11.8 Å². The number of nitrogens with one attached hydrogen (secondary N) is 1. The van der Waals surface area contributed by atoms with Crippen LogP contribution >= 0.6 is 11.6 Å². The van der Waals surface area contributed by atoms with Crippen molar-refractivity contribution in [3.63, 3.8) is 0 Å². The number of nitrogens with zero attached hydrogens (tertiary/aromatic N) is 3. The molecule has 1 aromatic heterocycles. The molecule has 0 aliphatic carbocycles. The molecule has 2 amide bonds. The van der Waals surface area contributed by atoms with Crippen molar-refractivity contribution in [2.45, 2.75) is 52.5 Å². The van der Waals surface area contributed by atoms with Crippen LogP contribution in [0.15, 0.2) is 30.3 Å². The van der Waals surface area contributed by atoms with E-state index in [0.717, 1.165) is 42.8 Å². The van der Waals surface area contributed by atoms with Gasteiger partial charge < -0.3 is 10.2 Å². The normalized spacial score (nSPS) is 14.6. The first kappa shape index (κ1) is 23.1. The van der Waals surface area contributed by atoms with Crippen molar-refractivity contribution in [2.75, 3.05) is 19.6 Å². The molecule has 0 atom stereocenters. The van der Waals surface area contributed by atoms with E-state index in [0.29, 0.717) is 24.7 Å². The lowest BCUT2D eigenvalue weighted by Gasteiger charge is -2.20. The summed E-state index contributed by atoms with van der Waals surface area (Å²) < 4.78 is 1.74. The van der Waals surface area contributed by atoms with Crippen molar-refractivity contribution in [2.24, 2.45) is 0 Å². The van der Waals surface area contributed by atoms with Crippen LogP contribution in [0.5, 0.6) is 0 Å². The number of hydrogen-bond acceptors (Lipinski definition) is 3. The summed E-state index contributed by atoms with van der Waals surface area (Å²) in [5.74, 6) is -0.132. The second-order valence-electron chi connectivity index (χ2n) is 8.10. The van der Waals surface area contributed by atoms with E-state index in [9.17, 15) is 9.59 Å². The van der Waals surface area contributed by atoms with Crippen molar-refractivity contribution >= 4 is 29.5 Å². The lowest BCUT2D eigenvalue weighted by Crippen LogP contribution is -2.34. The number of amides is 2. The van der Waals surface area contributed by atoms with Gasteiger partial charge in [0, 0.05) is 37.7 Å². The number of benzene rings is 1. The third-order valence-corrected chi connectivity index (χ3v) is 5.96. The highest BCUT2D eigenvalue weighted by molar-refractivity contribution is 6.31. The summed E-state index contributed by atoms with van der Waals surface area (Å²) in [6.07, 6.45) is 7.97. The van der Waals surface area contributed by atoms with Gasteiger partial charge in [-0.3, -0.25) is 9.59 Å². The molecule has 6 nitrogen and oxygen atoms in total. The van der Waals surface area contributed by atoms with Crippen molar-refractivity contribution < 1.29 is 9.59 Å². The zero-order valence-corrected chi connectivity index (χ0v) is 19.1. The van der Waals surface area contributed by atoms with Crippen molar-refractivity contribution in [3.05, 3.63) is 57.9 Å². The molecule has 3 rings (SSSR count). The van der Waals surface area contributed by atoms with Crippen LogP contribution in [0.2, 0.25) is 5.15 Å². The number of aryl methyl sites for hydroxylation is 2. The second-order valence-corrected chi connectivity index (χ2v) is 8.46. The molecule has 166 valence electrons.